The molecule has 5 rings (SSSR count). The number of likely N-dealkylation sites (tertiary alicyclic amines) is 1. The molecule has 0 bridgehead atoms. The Bertz CT molecular complexity index is 1450. The summed E-state index contributed by atoms with van der Waals surface area (Å²) in [5.41, 5.74) is 6.94. The molecule has 0 aliphatic carbocycles. The lowest BCUT2D eigenvalue weighted by Crippen LogP contribution is -2.29. The highest BCUT2D eigenvalue weighted by Crippen LogP contribution is 2.35. The molecule has 1 aliphatic rings. The SMILES string of the molecule is C=CC(=O)N1CCC[C@H]1c1nc(C(=O)c2ccc(Oc3ccccc3)cc2Cl)c2c(N)nccn12. The number of nitrogens with two attached hydrogens (primary N) is 1. The second-order valence-corrected chi connectivity index (χ2v) is 8.54. The van der Waals surface area contributed by atoms with Crippen molar-refractivity contribution in [3.05, 3.63) is 95.7 Å². The van der Waals surface area contributed by atoms with Crippen molar-refractivity contribution in [2.24, 2.45) is 0 Å². The molecular formula is C26H22ClN5O3. The van der Waals surface area contributed by atoms with Crippen molar-refractivity contribution in [3.63, 3.8) is 0 Å². The maximum Gasteiger partial charge on any atom is 0.246 e. The Morgan fingerprint density at radius 3 is 2.71 bits per heavy atom. The van der Waals surface area contributed by atoms with Gasteiger partial charge < -0.3 is 15.4 Å². The van der Waals surface area contributed by atoms with Crippen LogP contribution in [-0.2, 0) is 4.79 Å². The number of halogens is 1. The number of anilines is 1. The molecule has 0 saturated carbocycles. The minimum atomic E-state index is -0.399. The number of carbonyl (C=O) groups is 2. The molecule has 176 valence electrons. The Hall–Kier alpha value is -4.17. The van der Waals surface area contributed by atoms with Gasteiger partial charge >= 0.3 is 0 Å². The topological polar surface area (TPSA) is 103 Å². The summed E-state index contributed by atoms with van der Waals surface area (Å²) in [7, 11) is 0. The molecule has 1 fully saturated rings. The molecule has 0 unspecified atom stereocenters. The average Bonchev–Trinajstić information content (AvgIpc) is 3.49. The lowest BCUT2D eigenvalue weighted by Gasteiger charge is -2.22. The number of nitrogen functional groups attached to an aromatic ring is 1. The Morgan fingerprint density at radius 1 is 1.17 bits per heavy atom. The van der Waals surface area contributed by atoms with Gasteiger partial charge in [0.2, 0.25) is 11.7 Å². The first-order valence-electron chi connectivity index (χ1n) is 11.1. The number of para-hydroxylation sites is 1. The van der Waals surface area contributed by atoms with Crippen molar-refractivity contribution < 1.29 is 14.3 Å². The van der Waals surface area contributed by atoms with E-state index in [1.54, 1.807) is 39.9 Å². The number of hydrogen-bond acceptors (Lipinski definition) is 6. The number of ether oxygens (including phenoxy) is 1. The molecule has 2 N–H and O–H groups in total. The van der Waals surface area contributed by atoms with Gasteiger partial charge in [0.25, 0.3) is 0 Å². The van der Waals surface area contributed by atoms with Gasteiger partial charge in [0.1, 0.15) is 34.4 Å². The third-order valence-corrected chi connectivity index (χ3v) is 6.31. The number of hydrogen-bond donors (Lipinski definition) is 1. The highest BCUT2D eigenvalue weighted by atomic mass is 35.5. The molecule has 9 heteroatoms. The monoisotopic (exact) mass is 487 g/mol. The zero-order chi connectivity index (χ0) is 24.5. The van der Waals surface area contributed by atoms with E-state index in [0.29, 0.717) is 35.8 Å². The van der Waals surface area contributed by atoms with Crippen LogP contribution in [-0.4, -0.2) is 37.5 Å². The Kier molecular flexibility index (Phi) is 5.96. The van der Waals surface area contributed by atoms with Crippen LogP contribution in [0.3, 0.4) is 0 Å². The van der Waals surface area contributed by atoms with Crippen LogP contribution in [0.15, 0.2) is 73.6 Å². The number of aromatic nitrogens is 3. The third kappa shape index (κ3) is 4.13. The first-order valence-corrected chi connectivity index (χ1v) is 11.5. The summed E-state index contributed by atoms with van der Waals surface area (Å²) in [6.45, 7) is 4.18. The first kappa shape index (κ1) is 22.6. The van der Waals surface area contributed by atoms with Crippen LogP contribution in [0.4, 0.5) is 5.82 Å². The van der Waals surface area contributed by atoms with Crippen LogP contribution in [0.2, 0.25) is 5.02 Å². The highest BCUT2D eigenvalue weighted by molar-refractivity contribution is 6.35. The van der Waals surface area contributed by atoms with Gasteiger partial charge in [-0.05, 0) is 43.2 Å². The summed E-state index contributed by atoms with van der Waals surface area (Å²) in [6.07, 6.45) is 6.05. The fourth-order valence-electron chi connectivity index (χ4n) is 4.39. The fourth-order valence-corrected chi connectivity index (χ4v) is 4.65. The summed E-state index contributed by atoms with van der Waals surface area (Å²) in [4.78, 5) is 36.6. The Labute approximate surface area is 206 Å². The molecule has 0 radical (unpaired) electrons. The van der Waals surface area contributed by atoms with E-state index in [1.807, 2.05) is 30.3 Å². The van der Waals surface area contributed by atoms with Gasteiger partial charge in [-0.15, -0.1) is 0 Å². The van der Waals surface area contributed by atoms with E-state index in [9.17, 15) is 9.59 Å². The zero-order valence-electron chi connectivity index (χ0n) is 18.7. The van der Waals surface area contributed by atoms with Gasteiger partial charge in [0, 0.05) is 30.6 Å². The van der Waals surface area contributed by atoms with Gasteiger partial charge in [-0.1, -0.05) is 36.4 Å². The lowest BCUT2D eigenvalue weighted by molar-refractivity contribution is -0.127. The van der Waals surface area contributed by atoms with Gasteiger partial charge in [-0.3, -0.25) is 14.0 Å². The Morgan fingerprint density at radius 2 is 1.97 bits per heavy atom. The molecule has 2 aromatic heterocycles. The summed E-state index contributed by atoms with van der Waals surface area (Å²) >= 11 is 6.50. The molecule has 1 amide bonds. The lowest BCUT2D eigenvalue weighted by atomic mass is 10.1. The number of rotatable bonds is 6. The van der Waals surface area contributed by atoms with E-state index in [1.165, 1.54) is 6.08 Å². The van der Waals surface area contributed by atoms with E-state index in [4.69, 9.17) is 22.1 Å². The zero-order valence-corrected chi connectivity index (χ0v) is 19.5. The van der Waals surface area contributed by atoms with E-state index in [0.717, 1.165) is 6.42 Å². The predicted octanol–water partition coefficient (Wildman–Crippen LogP) is 4.84. The number of benzene rings is 2. The molecule has 0 spiro atoms. The normalized spacial score (nSPS) is 15.3. The summed E-state index contributed by atoms with van der Waals surface area (Å²) in [5, 5.41) is 0.220. The van der Waals surface area contributed by atoms with Crippen LogP contribution in [0.1, 0.15) is 40.8 Å². The highest BCUT2D eigenvalue weighted by Gasteiger charge is 2.34. The number of ketones is 1. The smallest absolute Gasteiger partial charge is 0.246 e. The number of fused-ring (bicyclic) bond motifs is 1. The minimum Gasteiger partial charge on any atom is -0.457 e. The first-order chi connectivity index (χ1) is 17.0. The van der Waals surface area contributed by atoms with Gasteiger partial charge in [0.15, 0.2) is 0 Å². The van der Waals surface area contributed by atoms with Crippen molar-refractivity contribution >= 4 is 34.6 Å². The fraction of sp³-hybridized carbons (Fsp3) is 0.154. The minimum absolute atomic E-state index is 0.127. The van der Waals surface area contributed by atoms with Crippen molar-refractivity contribution in [2.45, 2.75) is 18.9 Å². The van der Waals surface area contributed by atoms with Crippen molar-refractivity contribution in [1.82, 2.24) is 19.3 Å². The summed E-state index contributed by atoms with van der Waals surface area (Å²) in [6, 6.07) is 13.8. The van der Waals surface area contributed by atoms with Crippen molar-refractivity contribution in [3.8, 4) is 11.5 Å². The van der Waals surface area contributed by atoms with Crippen LogP contribution in [0.25, 0.3) is 5.52 Å². The largest absolute Gasteiger partial charge is 0.457 e. The van der Waals surface area contributed by atoms with Crippen LogP contribution < -0.4 is 10.5 Å². The summed E-state index contributed by atoms with van der Waals surface area (Å²) < 4.78 is 7.55. The predicted molar refractivity (Wildman–Crippen MR) is 133 cm³/mol. The molecule has 35 heavy (non-hydrogen) atoms. The van der Waals surface area contributed by atoms with Crippen LogP contribution in [0.5, 0.6) is 11.5 Å². The third-order valence-electron chi connectivity index (χ3n) is 6.00. The molecule has 3 heterocycles. The second-order valence-electron chi connectivity index (χ2n) is 8.13. The van der Waals surface area contributed by atoms with Crippen molar-refractivity contribution in [1.29, 1.82) is 0 Å². The molecule has 2 aromatic carbocycles. The van der Waals surface area contributed by atoms with E-state index < -0.39 is 5.78 Å². The molecular weight excluding hydrogens is 466 g/mol. The maximum absolute atomic E-state index is 13.6. The quantitative estimate of drug-likeness (QED) is 0.308. The number of imidazole rings is 1. The van der Waals surface area contributed by atoms with E-state index >= 15 is 0 Å². The molecule has 8 nitrogen and oxygen atoms in total. The van der Waals surface area contributed by atoms with E-state index in [-0.39, 0.29) is 34.0 Å². The number of amides is 1. The van der Waals surface area contributed by atoms with Gasteiger partial charge in [0.05, 0.1) is 11.1 Å². The molecule has 1 aliphatic heterocycles. The van der Waals surface area contributed by atoms with Gasteiger partial charge in [-0.2, -0.15) is 0 Å². The number of nitrogens with zero attached hydrogens (tertiary/aromatic N) is 4. The standard InChI is InChI=1S/C26H22ClN5O3/c1-2-21(33)31-13-6-9-20(31)26-30-22(23-25(28)29-12-14-32(23)26)24(34)18-11-10-17(15-19(18)27)35-16-7-4-3-5-8-16/h2-5,7-8,10-12,14-15,20H,1,6,9,13H2,(H2,28,29)/t20-/m0/s1. The summed E-state index contributed by atoms with van der Waals surface area (Å²) in [5.74, 6) is 1.28. The number of carbonyl (C=O) groups excluding carboxylic acids is 2. The average molecular weight is 488 g/mol. The van der Waals surface area contributed by atoms with Crippen LogP contribution in [0, 0.1) is 0 Å². The molecule has 4 aromatic rings. The maximum atomic E-state index is 13.6. The second kappa shape index (κ2) is 9.23. The van der Waals surface area contributed by atoms with Crippen LogP contribution >= 0.6 is 11.6 Å². The molecule has 1 atom stereocenters. The molecule has 1 saturated heterocycles. The Balaban J connectivity index is 1.54. The van der Waals surface area contributed by atoms with E-state index in [2.05, 4.69) is 16.5 Å². The van der Waals surface area contributed by atoms with Gasteiger partial charge in [-0.25, -0.2) is 9.97 Å². The van der Waals surface area contributed by atoms with Crippen molar-refractivity contribution in [2.75, 3.05) is 12.3 Å².